The van der Waals surface area contributed by atoms with Crippen LogP contribution in [0.1, 0.15) is 25.0 Å². The van der Waals surface area contributed by atoms with Crippen LogP contribution in [0, 0.1) is 13.8 Å². The summed E-state index contributed by atoms with van der Waals surface area (Å²) < 4.78 is 4.99. The van der Waals surface area contributed by atoms with Crippen molar-refractivity contribution in [3.8, 4) is 0 Å². The second-order valence-corrected chi connectivity index (χ2v) is 4.06. The van der Waals surface area contributed by atoms with E-state index in [1.54, 1.807) is 0 Å². The minimum absolute atomic E-state index is 0.169. The summed E-state index contributed by atoms with van der Waals surface area (Å²) in [6, 6.07) is 6.17. The first-order valence-electron chi connectivity index (χ1n) is 6.06. The second-order valence-electron chi connectivity index (χ2n) is 4.06. The quantitative estimate of drug-likeness (QED) is 0.735. The van der Waals surface area contributed by atoms with Gasteiger partial charge in [-0.15, -0.1) is 0 Å². The van der Waals surface area contributed by atoms with E-state index in [1.807, 2.05) is 19.9 Å². The third-order valence-electron chi connectivity index (χ3n) is 2.76. The summed E-state index contributed by atoms with van der Waals surface area (Å²) in [7, 11) is 0. The maximum absolute atomic E-state index is 11.5. The highest BCUT2D eigenvalue weighted by Gasteiger charge is 2.14. The van der Waals surface area contributed by atoms with Crippen molar-refractivity contribution in [3.05, 3.63) is 29.3 Å². The first kappa shape index (κ1) is 13.6. The standard InChI is InChI=1S/C14H21NO2/c1-5-15(10-13(16)17-6-2)14-11(3)8-7-9-12(14)4/h7-9H,5-6,10H2,1-4H3. The zero-order chi connectivity index (χ0) is 12.8. The van der Waals surface area contributed by atoms with Crippen LogP contribution >= 0.6 is 0 Å². The number of ether oxygens (including phenoxy) is 1. The fourth-order valence-electron chi connectivity index (χ4n) is 2.02. The molecule has 0 saturated carbocycles. The van der Waals surface area contributed by atoms with Crippen LogP contribution in [0.25, 0.3) is 0 Å². The van der Waals surface area contributed by atoms with Crippen molar-refractivity contribution in [1.82, 2.24) is 0 Å². The number of anilines is 1. The molecule has 0 radical (unpaired) electrons. The van der Waals surface area contributed by atoms with Crippen LogP contribution in [-0.2, 0) is 9.53 Å². The zero-order valence-corrected chi connectivity index (χ0v) is 11.1. The molecule has 0 aliphatic carbocycles. The molecule has 0 aliphatic rings. The van der Waals surface area contributed by atoms with Crippen molar-refractivity contribution >= 4 is 11.7 Å². The van der Waals surface area contributed by atoms with E-state index in [-0.39, 0.29) is 5.97 Å². The Hall–Kier alpha value is -1.51. The van der Waals surface area contributed by atoms with E-state index in [0.29, 0.717) is 13.2 Å². The SMILES string of the molecule is CCOC(=O)CN(CC)c1c(C)cccc1C. The number of hydrogen-bond acceptors (Lipinski definition) is 3. The maximum atomic E-state index is 11.5. The van der Waals surface area contributed by atoms with Crippen molar-refractivity contribution in [2.75, 3.05) is 24.6 Å². The van der Waals surface area contributed by atoms with E-state index < -0.39 is 0 Å². The summed E-state index contributed by atoms with van der Waals surface area (Å²) >= 11 is 0. The Morgan fingerprint density at radius 2 is 1.82 bits per heavy atom. The summed E-state index contributed by atoms with van der Waals surface area (Å²) in [6.07, 6.45) is 0. The van der Waals surface area contributed by atoms with Gasteiger partial charge in [0.1, 0.15) is 6.54 Å². The van der Waals surface area contributed by atoms with Crippen molar-refractivity contribution in [2.45, 2.75) is 27.7 Å². The molecule has 0 atom stereocenters. The summed E-state index contributed by atoms with van der Waals surface area (Å²) in [5, 5.41) is 0. The average molecular weight is 235 g/mol. The largest absolute Gasteiger partial charge is 0.465 e. The molecular weight excluding hydrogens is 214 g/mol. The molecule has 17 heavy (non-hydrogen) atoms. The van der Waals surface area contributed by atoms with Gasteiger partial charge in [0.2, 0.25) is 0 Å². The van der Waals surface area contributed by atoms with Gasteiger partial charge in [0.25, 0.3) is 0 Å². The van der Waals surface area contributed by atoms with E-state index in [2.05, 4.69) is 30.9 Å². The van der Waals surface area contributed by atoms with Crippen LogP contribution < -0.4 is 4.90 Å². The first-order valence-corrected chi connectivity index (χ1v) is 6.06. The highest BCUT2D eigenvalue weighted by molar-refractivity contribution is 5.77. The molecule has 0 spiro atoms. The molecule has 0 saturated heterocycles. The average Bonchev–Trinajstić information content (AvgIpc) is 2.27. The van der Waals surface area contributed by atoms with Gasteiger partial charge in [-0.1, -0.05) is 18.2 Å². The minimum atomic E-state index is -0.169. The van der Waals surface area contributed by atoms with Gasteiger partial charge in [-0.2, -0.15) is 0 Å². The van der Waals surface area contributed by atoms with Crippen molar-refractivity contribution < 1.29 is 9.53 Å². The van der Waals surface area contributed by atoms with E-state index >= 15 is 0 Å². The van der Waals surface area contributed by atoms with Crippen molar-refractivity contribution in [2.24, 2.45) is 0 Å². The normalized spacial score (nSPS) is 10.1. The first-order chi connectivity index (χ1) is 8.10. The lowest BCUT2D eigenvalue weighted by atomic mass is 10.1. The number of aryl methyl sites for hydroxylation is 2. The number of para-hydroxylation sites is 1. The maximum Gasteiger partial charge on any atom is 0.325 e. The van der Waals surface area contributed by atoms with Gasteiger partial charge in [0.05, 0.1) is 6.61 Å². The Labute approximate surface area is 103 Å². The van der Waals surface area contributed by atoms with Crippen molar-refractivity contribution in [3.63, 3.8) is 0 Å². The van der Waals surface area contributed by atoms with Crippen LogP contribution in [0.4, 0.5) is 5.69 Å². The minimum Gasteiger partial charge on any atom is -0.465 e. The molecule has 0 aromatic heterocycles. The fourth-order valence-corrected chi connectivity index (χ4v) is 2.02. The third-order valence-corrected chi connectivity index (χ3v) is 2.76. The van der Waals surface area contributed by atoms with Crippen LogP contribution in [0.5, 0.6) is 0 Å². The lowest BCUT2D eigenvalue weighted by Crippen LogP contribution is -2.31. The summed E-state index contributed by atoms with van der Waals surface area (Å²) in [6.45, 7) is 9.55. The highest BCUT2D eigenvalue weighted by atomic mass is 16.5. The van der Waals surface area contributed by atoms with E-state index in [0.717, 1.165) is 12.2 Å². The van der Waals surface area contributed by atoms with Crippen LogP contribution in [0.15, 0.2) is 18.2 Å². The van der Waals surface area contributed by atoms with Crippen LogP contribution in [0.2, 0.25) is 0 Å². The number of hydrogen-bond donors (Lipinski definition) is 0. The molecule has 0 aliphatic heterocycles. The summed E-state index contributed by atoms with van der Waals surface area (Å²) in [4.78, 5) is 13.6. The lowest BCUT2D eigenvalue weighted by Gasteiger charge is -2.25. The zero-order valence-electron chi connectivity index (χ0n) is 11.1. The van der Waals surface area contributed by atoms with Gasteiger partial charge in [-0.25, -0.2) is 0 Å². The predicted octanol–water partition coefficient (Wildman–Crippen LogP) is 2.69. The molecule has 0 amide bonds. The fraction of sp³-hybridized carbons (Fsp3) is 0.500. The Kier molecular flexibility index (Phi) is 5.01. The molecule has 1 aromatic rings. The van der Waals surface area contributed by atoms with Gasteiger partial charge >= 0.3 is 5.97 Å². The Morgan fingerprint density at radius 3 is 2.29 bits per heavy atom. The molecule has 0 heterocycles. The predicted molar refractivity (Wildman–Crippen MR) is 70.4 cm³/mol. The number of likely N-dealkylation sites (N-methyl/N-ethyl adjacent to an activating group) is 1. The Bertz CT molecular complexity index is 368. The third kappa shape index (κ3) is 3.48. The summed E-state index contributed by atoms with van der Waals surface area (Å²) in [5.74, 6) is -0.169. The number of carbonyl (C=O) groups is 1. The molecule has 1 rings (SSSR count). The van der Waals surface area contributed by atoms with Gasteiger partial charge in [-0.05, 0) is 38.8 Å². The molecule has 0 bridgehead atoms. The molecule has 0 unspecified atom stereocenters. The molecule has 0 N–H and O–H groups in total. The van der Waals surface area contributed by atoms with Gasteiger partial charge in [0, 0.05) is 12.2 Å². The van der Waals surface area contributed by atoms with E-state index in [1.165, 1.54) is 11.1 Å². The smallest absolute Gasteiger partial charge is 0.325 e. The monoisotopic (exact) mass is 235 g/mol. The van der Waals surface area contributed by atoms with E-state index in [4.69, 9.17) is 4.74 Å². The molecule has 94 valence electrons. The molecule has 0 fully saturated rings. The Balaban J connectivity index is 2.90. The number of carbonyl (C=O) groups excluding carboxylic acids is 1. The molecular formula is C14H21NO2. The molecule has 3 nitrogen and oxygen atoms in total. The van der Waals surface area contributed by atoms with Gasteiger partial charge < -0.3 is 9.64 Å². The van der Waals surface area contributed by atoms with Crippen molar-refractivity contribution in [1.29, 1.82) is 0 Å². The van der Waals surface area contributed by atoms with Gasteiger partial charge in [-0.3, -0.25) is 4.79 Å². The Morgan fingerprint density at radius 1 is 1.24 bits per heavy atom. The van der Waals surface area contributed by atoms with Crippen LogP contribution in [0.3, 0.4) is 0 Å². The summed E-state index contributed by atoms with van der Waals surface area (Å²) in [5.41, 5.74) is 3.52. The topological polar surface area (TPSA) is 29.5 Å². The number of benzene rings is 1. The van der Waals surface area contributed by atoms with E-state index in [9.17, 15) is 4.79 Å². The highest BCUT2D eigenvalue weighted by Crippen LogP contribution is 2.24. The van der Waals surface area contributed by atoms with Crippen LogP contribution in [-0.4, -0.2) is 25.7 Å². The second kappa shape index (κ2) is 6.28. The number of nitrogens with zero attached hydrogens (tertiary/aromatic N) is 1. The lowest BCUT2D eigenvalue weighted by molar-refractivity contribution is -0.141. The number of rotatable bonds is 5. The molecule has 1 aromatic carbocycles. The molecule has 3 heteroatoms. The number of esters is 1. The van der Waals surface area contributed by atoms with Gasteiger partial charge in [0.15, 0.2) is 0 Å².